The van der Waals surface area contributed by atoms with Gasteiger partial charge in [0.25, 0.3) is 0 Å². The van der Waals surface area contributed by atoms with Crippen LogP contribution in [0.5, 0.6) is 0 Å². The molecular weight excluding hydrogens is 292 g/mol. The fourth-order valence-corrected chi connectivity index (χ4v) is 5.94. The van der Waals surface area contributed by atoms with E-state index in [9.17, 15) is 5.11 Å². The molecule has 0 aliphatic heterocycles. The van der Waals surface area contributed by atoms with Crippen LogP contribution in [-0.4, -0.2) is 5.11 Å². The van der Waals surface area contributed by atoms with Crippen LogP contribution in [0.3, 0.4) is 0 Å². The molecule has 0 aromatic heterocycles. The SMILES string of the molecule is OC12c3ccccc3CC13Cc1ccccc1C3c1ccccc12. The highest BCUT2D eigenvalue weighted by Gasteiger charge is 2.69. The van der Waals surface area contributed by atoms with E-state index in [2.05, 4.69) is 72.8 Å². The van der Waals surface area contributed by atoms with E-state index in [1.807, 2.05) is 0 Å². The van der Waals surface area contributed by atoms with Crippen LogP contribution in [0.2, 0.25) is 0 Å². The van der Waals surface area contributed by atoms with Gasteiger partial charge in [-0.1, -0.05) is 72.8 Å². The molecule has 1 N–H and O–H groups in total. The third-order valence-electron chi connectivity index (χ3n) is 6.72. The van der Waals surface area contributed by atoms with Gasteiger partial charge in [0.05, 0.1) is 0 Å². The summed E-state index contributed by atoms with van der Waals surface area (Å²) in [6.45, 7) is 0. The molecule has 0 saturated carbocycles. The van der Waals surface area contributed by atoms with Crippen LogP contribution in [-0.2, 0) is 18.4 Å². The van der Waals surface area contributed by atoms with Crippen molar-refractivity contribution in [3.8, 4) is 0 Å². The minimum atomic E-state index is -0.871. The van der Waals surface area contributed by atoms with E-state index in [0.717, 1.165) is 24.0 Å². The van der Waals surface area contributed by atoms with Crippen molar-refractivity contribution in [2.24, 2.45) is 5.41 Å². The molecule has 0 radical (unpaired) electrons. The van der Waals surface area contributed by atoms with E-state index in [4.69, 9.17) is 0 Å². The van der Waals surface area contributed by atoms with Gasteiger partial charge in [-0.3, -0.25) is 0 Å². The quantitative estimate of drug-likeness (QED) is 0.661. The second-order valence-electron chi connectivity index (χ2n) is 7.60. The van der Waals surface area contributed by atoms with Gasteiger partial charge in [-0.05, 0) is 46.2 Å². The minimum absolute atomic E-state index is 0.163. The van der Waals surface area contributed by atoms with Crippen molar-refractivity contribution in [3.63, 3.8) is 0 Å². The Morgan fingerprint density at radius 3 is 2.08 bits per heavy atom. The van der Waals surface area contributed by atoms with Crippen LogP contribution >= 0.6 is 0 Å². The minimum Gasteiger partial charge on any atom is -0.380 e. The van der Waals surface area contributed by atoms with Crippen molar-refractivity contribution in [3.05, 3.63) is 106 Å². The van der Waals surface area contributed by atoms with E-state index in [1.165, 1.54) is 22.3 Å². The average molecular weight is 310 g/mol. The summed E-state index contributed by atoms with van der Waals surface area (Å²) in [4.78, 5) is 0. The number of hydrogen-bond acceptors (Lipinski definition) is 1. The summed E-state index contributed by atoms with van der Waals surface area (Å²) in [5, 5.41) is 12.2. The molecule has 0 saturated heterocycles. The Morgan fingerprint density at radius 1 is 0.667 bits per heavy atom. The predicted octanol–water partition coefficient (Wildman–Crippen LogP) is 4.17. The van der Waals surface area contributed by atoms with E-state index in [1.54, 1.807) is 0 Å². The van der Waals surface area contributed by atoms with Crippen molar-refractivity contribution in [1.29, 1.82) is 0 Å². The molecule has 1 heteroatoms. The van der Waals surface area contributed by atoms with Gasteiger partial charge in [-0.25, -0.2) is 0 Å². The van der Waals surface area contributed by atoms with Crippen molar-refractivity contribution in [2.45, 2.75) is 24.4 Å². The van der Waals surface area contributed by atoms with Crippen molar-refractivity contribution in [1.82, 2.24) is 0 Å². The maximum absolute atomic E-state index is 12.2. The highest BCUT2D eigenvalue weighted by molar-refractivity contribution is 5.64. The van der Waals surface area contributed by atoms with Gasteiger partial charge in [-0.15, -0.1) is 0 Å². The Morgan fingerprint density at radius 2 is 1.25 bits per heavy atom. The Bertz CT molecular complexity index is 1000. The van der Waals surface area contributed by atoms with Crippen LogP contribution in [0.15, 0.2) is 72.8 Å². The molecule has 0 heterocycles. The number of hydrogen-bond donors (Lipinski definition) is 1. The lowest BCUT2D eigenvalue weighted by molar-refractivity contribution is -0.0298. The smallest absolute Gasteiger partial charge is 0.122 e. The van der Waals surface area contributed by atoms with Crippen molar-refractivity contribution >= 4 is 0 Å². The van der Waals surface area contributed by atoms with E-state index >= 15 is 0 Å². The number of benzene rings is 3. The Balaban J connectivity index is 1.75. The predicted molar refractivity (Wildman–Crippen MR) is 94.0 cm³/mol. The second kappa shape index (κ2) is 3.99. The Kier molecular flexibility index (Phi) is 2.15. The van der Waals surface area contributed by atoms with Crippen LogP contribution < -0.4 is 0 Å². The van der Waals surface area contributed by atoms with Crippen LogP contribution in [0.4, 0.5) is 0 Å². The molecule has 1 nitrogen and oxygen atoms in total. The normalized spacial score (nSPS) is 31.1. The first-order chi connectivity index (χ1) is 11.8. The molecule has 0 fully saturated rings. The molecule has 3 aromatic rings. The second-order valence-corrected chi connectivity index (χ2v) is 7.60. The summed E-state index contributed by atoms with van der Waals surface area (Å²) in [5.74, 6) is 0.294. The third-order valence-corrected chi connectivity index (χ3v) is 6.72. The largest absolute Gasteiger partial charge is 0.380 e. The first-order valence-electron chi connectivity index (χ1n) is 8.74. The number of rotatable bonds is 0. The van der Waals surface area contributed by atoms with Gasteiger partial charge in [-0.2, -0.15) is 0 Å². The first-order valence-corrected chi connectivity index (χ1v) is 8.74. The lowest BCUT2D eigenvalue weighted by Gasteiger charge is -2.38. The van der Waals surface area contributed by atoms with Gasteiger partial charge in [0, 0.05) is 11.3 Å². The van der Waals surface area contributed by atoms with E-state index in [-0.39, 0.29) is 5.41 Å². The highest BCUT2D eigenvalue weighted by Crippen LogP contribution is 2.71. The van der Waals surface area contributed by atoms with E-state index < -0.39 is 5.60 Å². The summed E-state index contributed by atoms with van der Waals surface area (Å²) < 4.78 is 0. The standard InChI is InChI=1S/C23H18O/c24-23-19-11-5-2-8-16(19)14-22(23)13-15-7-1-3-9-17(15)21(22)18-10-4-6-12-20(18)23/h1-12,21,24H,13-14H2. The van der Waals surface area contributed by atoms with Crippen LogP contribution in [0.25, 0.3) is 0 Å². The molecule has 3 atom stereocenters. The highest BCUT2D eigenvalue weighted by atomic mass is 16.3. The zero-order valence-corrected chi connectivity index (χ0v) is 13.4. The lowest BCUT2D eigenvalue weighted by Crippen LogP contribution is -2.41. The fourth-order valence-electron chi connectivity index (χ4n) is 5.94. The molecule has 3 aliphatic carbocycles. The van der Waals surface area contributed by atoms with Gasteiger partial charge in [0.15, 0.2) is 0 Å². The summed E-state index contributed by atoms with van der Waals surface area (Å²) in [6, 6.07) is 25.8. The molecule has 3 unspecified atom stereocenters. The van der Waals surface area contributed by atoms with Gasteiger partial charge in [0.2, 0.25) is 0 Å². The molecule has 116 valence electrons. The summed E-state index contributed by atoms with van der Waals surface area (Å²) >= 11 is 0. The topological polar surface area (TPSA) is 20.2 Å². The molecule has 1 spiro atoms. The zero-order valence-electron chi connectivity index (χ0n) is 13.4. The molecule has 24 heavy (non-hydrogen) atoms. The van der Waals surface area contributed by atoms with Crippen molar-refractivity contribution < 1.29 is 5.11 Å². The molecular formula is C23H18O. The average Bonchev–Trinajstić information content (AvgIpc) is 3.15. The van der Waals surface area contributed by atoms with E-state index in [0.29, 0.717) is 5.92 Å². The summed E-state index contributed by atoms with van der Waals surface area (Å²) in [5.41, 5.74) is 6.65. The molecule has 3 aromatic carbocycles. The van der Waals surface area contributed by atoms with Gasteiger partial charge >= 0.3 is 0 Å². The maximum Gasteiger partial charge on any atom is 0.122 e. The van der Waals surface area contributed by atoms with Crippen LogP contribution in [0, 0.1) is 5.41 Å². The number of aliphatic hydroxyl groups is 1. The number of fused-ring (bicyclic) bond motifs is 7. The van der Waals surface area contributed by atoms with Gasteiger partial charge in [0.1, 0.15) is 5.60 Å². The zero-order chi connectivity index (χ0) is 15.9. The first kappa shape index (κ1) is 13.0. The molecule has 0 bridgehead atoms. The molecule has 6 rings (SSSR count). The third kappa shape index (κ3) is 1.19. The van der Waals surface area contributed by atoms with Gasteiger partial charge < -0.3 is 5.11 Å². The Labute approximate surface area is 141 Å². The molecule has 3 aliphatic rings. The fraction of sp³-hybridized carbons (Fsp3) is 0.217. The summed E-state index contributed by atoms with van der Waals surface area (Å²) in [6.07, 6.45) is 1.90. The monoisotopic (exact) mass is 310 g/mol. The molecule has 0 amide bonds. The maximum atomic E-state index is 12.2. The van der Waals surface area contributed by atoms with Crippen molar-refractivity contribution in [2.75, 3.05) is 0 Å². The lowest BCUT2D eigenvalue weighted by atomic mass is 9.68. The van der Waals surface area contributed by atoms with Crippen LogP contribution in [0.1, 0.15) is 39.3 Å². The summed E-state index contributed by atoms with van der Waals surface area (Å²) in [7, 11) is 0. The Hall–Kier alpha value is -2.38.